The molecule has 66 heavy (non-hydrogen) atoms. The zero-order valence-corrected chi connectivity index (χ0v) is 42.3. The Bertz CT molecular complexity index is 2160. The minimum Gasteiger partial charge on any atom is -0.493 e. The van der Waals surface area contributed by atoms with E-state index in [0.717, 1.165) is 69.0 Å². The van der Waals surface area contributed by atoms with Crippen molar-refractivity contribution in [1.29, 1.82) is 0 Å². The Balaban J connectivity index is 1.28. The topological polar surface area (TPSA) is 44.2 Å². The van der Waals surface area contributed by atoms with Crippen LogP contribution < -0.4 is 20.4 Å². The van der Waals surface area contributed by atoms with E-state index in [1.807, 2.05) is 0 Å². The van der Waals surface area contributed by atoms with E-state index in [0.29, 0.717) is 11.8 Å². The summed E-state index contributed by atoms with van der Waals surface area (Å²) in [6, 6.07) is 30.9. The summed E-state index contributed by atoms with van der Waals surface area (Å²) in [5, 5.41) is 4.72. The highest BCUT2D eigenvalue weighted by atomic mass is 16.5. The maximum atomic E-state index is 6.60. The van der Waals surface area contributed by atoms with Crippen molar-refractivity contribution in [3.05, 3.63) is 84.9 Å². The standard InChI is InChI=1S/C60H84B2N2O2/c1-5-9-13-17-19-23-27-45(25-21-15-11-7-3)43-65-51-35-29-47(30-36-51)57-58(64-60-56-42-50(62)34-40-54(56)53-39-33-49(61)41-55(53)59(60)63-57)48-31-37-52(38-32-48)66-44-46(26-22-16-12-8-4)28-24-20-18-14-10-6-2/h29-42,45-46H,5-28,43-44,61-62H2,1-4H3. The van der Waals surface area contributed by atoms with Gasteiger partial charge >= 0.3 is 0 Å². The highest BCUT2D eigenvalue weighted by molar-refractivity contribution is 6.37. The Morgan fingerprint density at radius 3 is 1.05 bits per heavy atom. The maximum Gasteiger partial charge on any atom is 0.139 e. The summed E-state index contributed by atoms with van der Waals surface area (Å²) in [6.45, 7) is 10.8. The molecule has 0 saturated heterocycles. The number of ether oxygens (including phenoxy) is 2. The van der Waals surface area contributed by atoms with Crippen LogP contribution in [-0.2, 0) is 0 Å². The highest BCUT2D eigenvalue weighted by Crippen LogP contribution is 2.38. The number of fused-ring (bicyclic) bond motifs is 6. The molecule has 0 amide bonds. The summed E-state index contributed by atoms with van der Waals surface area (Å²) in [4.78, 5) is 11.2. The normalized spacial score (nSPS) is 12.6. The second-order valence-corrected chi connectivity index (χ2v) is 19.9. The summed E-state index contributed by atoms with van der Waals surface area (Å²) in [7, 11) is 4.34. The van der Waals surface area contributed by atoms with Crippen molar-refractivity contribution in [2.75, 3.05) is 13.2 Å². The monoisotopic (exact) mass is 887 g/mol. The Kier molecular flexibility index (Phi) is 21.8. The molecule has 0 N–H and O–H groups in total. The van der Waals surface area contributed by atoms with Gasteiger partial charge in [0.2, 0.25) is 0 Å². The summed E-state index contributed by atoms with van der Waals surface area (Å²) in [5.41, 5.74) is 8.19. The van der Waals surface area contributed by atoms with Gasteiger partial charge in [-0.1, -0.05) is 203 Å². The van der Waals surface area contributed by atoms with E-state index in [4.69, 9.17) is 19.4 Å². The van der Waals surface area contributed by atoms with Crippen molar-refractivity contribution < 1.29 is 9.47 Å². The predicted molar refractivity (Wildman–Crippen MR) is 293 cm³/mol. The molecule has 352 valence electrons. The average molecular weight is 887 g/mol. The van der Waals surface area contributed by atoms with Gasteiger partial charge in [0.15, 0.2) is 0 Å². The third kappa shape index (κ3) is 15.4. The van der Waals surface area contributed by atoms with Gasteiger partial charge in [0.05, 0.1) is 35.6 Å². The molecule has 0 aliphatic heterocycles. The molecule has 2 unspecified atom stereocenters. The molecular weight excluding hydrogens is 802 g/mol. The van der Waals surface area contributed by atoms with E-state index in [9.17, 15) is 0 Å². The van der Waals surface area contributed by atoms with Crippen LogP contribution >= 0.6 is 0 Å². The minimum absolute atomic E-state index is 0.602. The molecule has 0 fully saturated rings. The van der Waals surface area contributed by atoms with Crippen molar-refractivity contribution in [2.24, 2.45) is 11.8 Å². The number of unbranched alkanes of at least 4 members (excludes halogenated alkanes) is 16. The second-order valence-electron chi connectivity index (χ2n) is 19.9. The highest BCUT2D eigenvalue weighted by Gasteiger charge is 2.19. The van der Waals surface area contributed by atoms with Gasteiger partial charge in [-0.25, -0.2) is 9.97 Å². The SMILES string of the molecule is Bc1ccc2c3ccc(B)cc3c3nc(-c4ccc(OCC(CCCCCC)CCCCCCCC)cc4)c(-c4ccc(OCC(CCCCCC)CCCCCCCC)cc4)nc3c2c1. The largest absolute Gasteiger partial charge is 0.493 e. The van der Waals surface area contributed by atoms with Gasteiger partial charge in [0, 0.05) is 21.9 Å². The molecular formula is C60H84B2N2O2. The van der Waals surface area contributed by atoms with Crippen molar-refractivity contribution in [3.63, 3.8) is 0 Å². The lowest BCUT2D eigenvalue weighted by Crippen LogP contribution is -2.12. The first-order chi connectivity index (χ1) is 32.4. The van der Waals surface area contributed by atoms with E-state index in [1.165, 1.54) is 176 Å². The third-order valence-corrected chi connectivity index (χ3v) is 14.1. The predicted octanol–water partition coefficient (Wildman–Crippen LogP) is 15.2. The van der Waals surface area contributed by atoms with Gasteiger partial charge in [-0.15, -0.1) is 0 Å². The van der Waals surface area contributed by atoms with Crippen molar-refractivity contribution >= 4 is 59.2 Å². The lowest BCUT2D eigenvalue weighted by atomic mass is 9.88. The second kappa shape index (κ2) is 28.1. The number of hydrogen-bond donors (Lipinski definition) is 0. The van der Waals surface area contributed by atoms with Gasteiger partial charge < -0.3 is 9.47 Å². The van der Waals surface area contributed by atoms with E-state index in [1.54, 1.807) is 0 Å². The Labute approximate surface area is 402 Å². The van der Waals surface area contributed by atoms with E-state index in [2.05, 4.69) is 128 Å². The molecule has 4 nitrogen and oxygen atoms in total. The van der Waals surface area contributed by atoms with E-state index < -0.39 is 0 Å². The van der Waals surface area contributed by atoms with Crippen molar-refractivity contribution in [2.45, 2.75) is 182 Å². The number of nitrogens with zero attached hydrogens (tertiary/aromatic N) is 2. The summed E-state index contributed by atoms with van der Waals surface area (Å²) >= 11 is 0. The molecule has 2 atom stereocenters. The van der Waals surface area contributed by atoms with Gasteiger partial charge in [-0.2, -0.15) is 0 Å². The number of benzene rings is 5. The van der Waals surface area contributed by atoms with Crippen LogP contribution in [0.25, 0.3) is 55.1 Å². The first kappa shape index (κ1) is 51.1. The molecule has 0 saturated carbocycles. The molecule has 1 heterocycles. The van der Waals surface area contributed by atoms with E-state index in [-0.39, 0.29) is 0 Å². The zero-order chi connectivity index (χ0) is 46.4. The fraction of sp³-hybridized carbons (Fsp3) is 0.533. The van der Waals surface area contributed by atoms with Crippen LogP contribution in [0.3, 0.4) is 0 Å². The summed E-state index contributed by atoms with van der Waals surface area (Å²) < 4.78 is 13.2. The number of rotatable bonds is 32. The molecule has 0 radical (unpaired) electrons. The fourth-order valence-corrected chi connectivity index (χ4v) is 10.0. The molecule has 0 bridgehead atoms. The summed E-state index contributed by atoms with van der Waals surface area (Å²) in [6.07, 6.45) is 31.6. The third-order valence-electron chi connectivity index (χ3n) is 14.1. The molecule has 0 spiro atoms. The van der Waals surface area contributed by atoms with Crippen LogP contribution in [-0.4, -0.2) is 38.9 Å². The van der Waals surface area contributed by atoms with Gasteiger partial charge in [-0.05, 0) is 96.8 Å². The Morgan fingerprint density at radius 2 is 0.697 bits per heavy atom. The smallest absolute Gasteiger partial charge is 0.139 e. The molecule has 6 aromatic rings. The maximum absolute atomic E-state index is 6.60. The van der Waals surface area contributed by atoms with Gasteiger partial charge in [-0.3, -0.25) is 0 Å². The minimum atomic E-state index is 0.602. The Hall–Kier alpha value is -4.31. The molecule has 1 aromatic heterocycles. The molecule has 0 aliphatic rings. The molecule has 5 aromatic carbocycles. The average Bonchev–Trinajstić information content (AvgIpc) is 3.34. The molecule has 6 heteroatoms. The van der Waals surface area contributed by atoms with Gasteiger partial charge in [0.25, 0.3) is 0 Å². The van der Waals surface area contributed by atoms with Crippen LogP contribution in [0.15, 0.2) is 84.9 Å². The van der Waals surface area contributed by atoms with Crippen LogP contribution in [0.4, 0.5) is 0 Å². The lowest BCUT2D eigenvalue weighted by Gasteiger charge is -2.19. The number of hydrogen-bond acceptors (Lipinski definition) is 4. The van der Waals surface area contributed by atoms with Crippen molar-refractivity contribution in [3.8, 4) is 34.0 Å². The molecule has 0 aliphatic carbocycles. The fourth-order valence-electron chi connectivity index (χ4n) is 10.0. The quantitative estimate of drug-likeness (QED) is 0.0240. The summed E-state index contributed by atoms with van der Waals surface area (Å²) in [5.74, 6) is 3.06. The Morgan fingerprint density at radius 1 is 0.379 bits per heavy atom. The van der Waals surface area contributed by atoms with Crippen LogP contribution in [0, 0.1) is 11.8 Å². The number of aromatic nitrogens is 2. The van der Waals surface area contributed by atoms with Gasteiger partial charge in [0.1, 0.15) is 27.2 Å². The first-order valence-corrected chi connectivity index (χ1v) is 27.0. The molecule has 6 rings (SSSR count). The van der Waals surface area contributed by atoms with E-state index >= 15 is 0 Å². The van der Waals surface area contributed by atoms with Crippen LogP contribution in [0.1, 0.15) is 182 Å². The van der Waals surface area contributed by atoms with Crippen LogP contribution in [0.2, 0.25) is 0 Å². The lowest BCUT2D eigenvalue weighted by molar-refractivity contribution is 0.224. The van der Waals surface area contributed by atoms with Crippen LogP contribution in [0.5, 0.6) is 11.5 Å². The van der Waals surface area contributed by atoms with Crippen molar-refractivity contribution in [1.82, 2.24) is 9.97 Å². The zero-order valence-electron chi connectivity index (χ0n) is 42.3. The first-order valence-electron chi connectivity index (χ1n) is 27.0.